The Balaban J connectivity index is 2.34. The maximum atomic E-state index is 13.0. The van der Waals surface area contributed by atoms with E-state index in [9.17, 15) is 9.18 Å². The van der Waals surface area contributed by atoms with Crippen molar-refractivity contribution in [2.45, 2.75) is 6.04 Å². The molecule has 2 amide bonds. The zero-order valence-corrected chi connectivity index (χ0v) is 11.4. The molecule has 0 saturated heterocycles. The van der Waals surface area contributed by atoms with Crippen molar-refractivity contribution in [1.82, 2.24) is 15.2 Å². The standard InChI is InChI=1S/C15H16FN3O/c1-19(2)15(20)18-14(12-7-9-17-10-8-12)11-3-5-13(16)6-4-11/h3-10,14H,1-2H3,(H,18,20). The first-order chi connectivity index (χ1) is 9.58. The molecule has 0 radical (unpaired) electrons. The molecule has 4 nitrogen and oxygen atoms in total. The molecule has 0 fully saturated rings. The van der Waals surface area contributed by atoms with Crippen LogP contribution in [-0.2, 0) is 0 Å². The molecule has 5 heteroatoms. The molecule has 0 saturated carbocycles. The summed E-state index contributed by atoms with van der Waals surface area (Å²) in [6, 6.07) is 9.18. The monoisotopic (exact) mass is 273 g/mol. The molecule has 104 valence electrons. The third-order valence-corrected chi connectivity index (χ3v) is 2.92. The Hall–Kier alpha value is -2.43. The molecule has 1 aromatic carbocycles. The van der Waals surface area contributed by atoms with Gasteiger partial charge in [-0.25, -0.2) is 9.18 Å². The number of nitrogens with zero attached hydrogens (tertiary/aromatic N) is 2. The Labute approximate surface area is 117 Å². The summed E-state index contributed by atoms with van der Waals surface area (Å²) in [6.45, 7) is 0. The van der Waals surface area contributed by atoms with Crippen LogP contribution in [0.3, 0.4) is 0 Å². The summed E-state index contributed by atoms with van der Waals surface area (Å²) < 4.78 is 13.0. The number of amides is 2. The average Bonchev–Trinajstić information content (AvgIpc) is 2.46. The summed E-state index contributed by atoms with van der Waals surface area (Å²) >= 11 is 0. The van der Waals surface area contributed by atoms with Crippen LogP contribution in [0.1, 0.15) is 17.2 Å². The van der Waals surface area contributed by atoms with Gasteiger partial charge in [0.2, 0.25) is 0 Å². The summed E-state index contributed by atoms with van der Waals surface area (Å²) in [7, 11) is 3.34. The summed E-state index contributed by atoms with van der Waals surface area (Å²) in [5.41, 5.74) is 1.70. The smallest absolute Gasteiger partial charge is 0.317 e. The molecule has 1 atom stereocenters. The largest absolute Gasteiger partial charge is 0.331 e. The zero-order valence-electron chi connectivity index (χ0n) is 11.4. The van der Waals surface area contributed by atoms with Crippen LogP contribution in [0.5, 0.6) is 0 Å². The van der Waals surface area contributed by atoms with Crippen LogP contribution in [0.2, 0.25) is 0 Å². The Morgan fingerprint density at radius 3 is 2.20 bits per heavy atom. The lowest BCUT2D eigenvalue weighted by atomic mass is 10.00. The van der Waals surface area contributed by atoms with E-state index in [-0.39, 0.29) is 17.9 Å². The Bertz CT molecular complexity index is 569. The zero-order chi connectivity index (χ0) is 14.5. The number of aromatic nitrogens is 1. The third kappa shape index (κ3) is 3.32. The van der Waals surface area contributed by atoms with Gasteiger partial charge in [0.1, 0.15) is 5.82 Å². The van der Waals surface area contributed by atoms with Crippen LogP contribution >= 0.6 is 0 Å². The third-order valence-electron chi connectivity index (χ3n) is 2.92. The minimum absolute atomic E-state index is 0.212. The highest BCUT2D eigenvalue weighted by atomic mass is 19.1. The van der Waals surface area contributed by atoms with E-state index < -0.39 is 0 Å². The van der Waals surface area contributed by atoms with Crippen molar-refractivity contribution in [2.75, 3.05) is 14.1 Å². The van der Waals surface area contributed by atoms with E-state index >= 15 is 0 Å². The number of pyridine rings is 1. The highest BCUT2D eigenvalue weighted by Crippen LogP contribution is 2.22. The minimum atomic E-state index is -0.339. The lowest BCUT2D eigenvalue weighted by Crippen LogP contribution is -2.37. The fourth-order valence-corrected chi connectivity index (χ4v) is 1.82. The van der Waals surface area contributed by atoms with Crippen molar-refractivity contribution in [1.29, 1.82) is 0 Å². The van der Waals surface area contributed by atoms with Gasteiger partial charge < -0.3 is 10.2 Å². The molecule has 1 heterocycles. The van der Waals surface area contributed by atoms with Crippen molar-refractivity contribution in [3.63, 3.8) is 0 Å². The highest BCUT2D eigenvalue weighted by molar-refractivity contribution is 5.74. The minimum Gasteiger partial charge on any atom is -0.331 e. The molecule has 0 bridgehead atoms. The van der Waals surface area contributed by atoms with Crippen molar-refractivity contribution in [3.8, 4) is 0 Å². The normalized spacial score (nSPS) is 11.8. The molecule has 0 aliphatic heterocycles. The van der Waals surface area contributed by atoms with Crippen molar-refractivity contribution in [3.05, 3.63) is 65.7 Å². The summed E-state index contributed by atoms with van der Waals surface area (Å²) in [4.78, 5) is 17.3. The Morgan fingerprint density at radius 2 is 1.65 bits per heavy atom. The predicted molar refractivity (Wildman–Crippen MR) is 74.7 cm³/mol. The number of nitrogens with one attached hydrogen (secondary N) is 1. The molecule has 1 aromatic heterocycles. The van der Waals surface area contributed by atoms with E-state index in [0.717, 1.165) is 11.1 Å². The van der Waals surface area contributed by atoms with E-state index in [4.69, 9.17) is 0 Å². The number of urea groups is 1. The van der Waals surface area contributed by atoms with E-state index in [1.165, 1.54) is 17.0 Å². The van der Waals surface area contributed by atoms with E-state index in [0.29, 0.717) is 0 Å². The second kappa shape index (κ2) is 6.14. The second-order valence-corrected chi connectivity index (χ2v) is 4.61. The fourth-order valence-electron chi connectivity index (χ4n) is 1.82. The second-order valence-electron chi connectivity index (χ2n) is 4.61. The summed E-state index contributed by atoms with van der Waals surface area (Å²) in [5.74, 6) is -0.304. The molecule has 2 rings (SSSR count). The number of carbonyl (C=O) groups excluding carboxylic acids is 1. The van der Waals surface area contributed by atoms with Crippen LogP contribution in [0.15, 0.2) is 48.8 Å². The number of hydrogen-bond acceptors (Lipinski definition) is 2. The molecule has 1 unspecified atom stereocenters. The number of halogens is 1. The van der Waals surface area contributed by atoms with Crippen LogP contribution in [0.25, 0.3) is 0 Å². The number of rotatable bonds is 3. The van der Waals surface area contributed by atoms with Crippen LogP contribution < -0.4 is 5.32 Å². The molecule has 2 aromatic rings. The summed E-state index contributed by atoms with van der Waals surface area (Å²) in [5, 5.41) is 2.91. The first kappa shape index (κ1) is 14.0. The van der Waals surface area contributed by atoms with Gasteiger partial charge in [0.05, 0.1) is 6.04 Å². The molecule has 0 aliphatic rings. The van der Waals surface area contributed by atoms with Gasteiger partial charge in [0, 0.05) is 26.5 Å². The van der Waals surface area contributed by atoms with E-state index in [1.807, 2.05) is 12.1 Å². The fraction of sp³-hybridized carbons (Fsp3) is 0.200. The molecule has 0 aliphatic carbocycles. The van der Waals surface area contributed by atoms with E-state index in [1.54, 1.807) is 38.6 Å². The van der Waals surface area contributed by atoms with Gasteiger partial charge in [0.25, 0.3) is 0 Å². The Kier molecular flexibility index (Phi) is 4.30. The van der Waals surface area contributed by atoms with E-state index in [2.05, 4.69) is 10.3 Å². The lowest BCUT2D eigenvalue weighted by Gasteiger charge is -2.22. The summed E-state index contributed by atoms with van der Waals surface area (Å²) in [6.07, 6.45) is 3.32. The first-order valence-corrected chi connectivity index (χ1v) is 6.21. The maximum Gasteiger partial charge on any atom is 0.317 e. The maximum absolute atomic E-state index is 13.0. The first-order valence-electron chi connectivity index (χ1n) is 6.21. The van der Waals surface area contributed by atoms with Crippen molar-refractivity contribution >= 4 is 6.03 Å². The SMILES string of the molecule is CN(C)C(=O)NC(c1ccncc1)c1ccc(F)cc1. The predicted octanol–water partition coefficient (Wildman–Crippen LogP) is 2.58. The van der Waals surface area contributed by atoms with Crippen LogP contribution in [-0.4, -0.2) is 30.0 Å². The van der Waals surface area contributed by atoms with Gasteiger partial charge in [-0.1, -0.05) is 12.1 Å². The van der Waals surface area contributed by atoms with Crippen molar-refractivity contribution in [2.24, 2.45) is 0 Å². The number of benzene rings is 1. The molecule has 0 spiro atoms. The van der Waals surface area contributed by atoms with Gasteiger partial charge >= 0.3 is 6.03 Å². The van der Waals surface area contributed by atoms with Gasteiger partial charge in [-0.3, -0.25) is 4.98 Å². The number of carbonyl (C=O) groups is 1. The quantitative estimate of drug-likeness (QED) is 0.934. The van der Waals surface area contributed by atoms with Gasteiger partial charge in [0.15, 0.2) is 0 Å². The lowest BCUT2D eigenvalue weighted by molar-refractivity contribution is 0.215. The van der Waals surface area contributed by atoms with Gasteiger partial charge in [-0.15, -0.1) is 0 Å². The molecule has 20 heavy (non-hydrogen) atoms. The topological polar surface area (TPSA) is 45.2 Å². The van der Waals surface area contributed by atoms with Crippen molar-refractivity contribution < 1.29 is 9.18 Å². The number of hydrogen-bond donors (Lipinski definition) is 1. The van der Waals surface area contributed by atoms with Crippen LogP contribution in [0.4, 0.5) is 9.18 Å². The average molecular weight is 273 g/mol. The van der Waals surface area contributed by atoms with Gasteiger partial charge in [-0.05, 0) is 35.4 Å². The molecular weight excluding hydrogens is 257 g/mol. The molecule has 1 N–H and O–H groups in total. The molecular formula is C15H16FN3O. The van der Waals surface area contributed by atoms with Gasteiger partial charge in [-0.2, -0.15) is 0 Å². The highest BCUT2D eigenvalue weighted by Gasteiger charge is 2.17. The Morgan fingerprint density at radius 1 is 1.10 bits per heavy atom. The van der Waals surface area contributed by atoms with Crippen LogP contribution in [0, 0.1) is 5.82 Å².